The second kappa shape index (κ2) is 7.98. The molecule has 0 spiro atoms. The fourth-order valence-corrected chi connectivity index (χ4v) is 4.26. The van der Waals surface area contributed by atoms with Crippen LogP contribution in [-0.4, -0.2) is 45.2 Å². The first-order chi connectivity index (χ1) is 13.9. The van der Waals surface area contributed by atoms with Gasteiger partial charge in [-0.2, -0.15) is 13.2 Å². The van der Waals surface area contributed by atoms with Crippen LogP contribution in [-0.2, 0) is 11.0 Å². The van der Waals surface area contributed by atoms with Crippen LogP contribution in [0.15, 0.2) is 12.3 Å². The van der Waals surface area contributed by atoms with E-state index < -0.39 is 23.2 Å². The van der Waals surface area contributed by atoms with E-state index in [9.17, 15) is 22.8 Å². The molecule has 1 radical (unpaired) electrons. The maximum Gasteiger partial charge on any atom is 0.417 e. The molecule has 0 aromatic carbocycles. The molecule has 3 rings (SSSR count). The summed E-state index contributed by atoms with van der Waals surface area (Å²) >= 11 is 0.708. The molecule has 1 fully saturated rings. The fraction of sp³-hybridized carbons (Fsp3) is 0.500. The Morgan fingerprint density at radius 2 is 2.03 bits per heavy atom. The SMILES string of the molecule is C[C@H]1CCCN1C(=O)c1nc([C]=O)sc1-c1cnc(NC(C)(C)C)cc1C(F)(F)F. The van der Waals surface area contributed by atoms with Crippen molar-refractivity contribution in [2.24, 2.45) is 0 Å². The number of halogens is 3. The molecule has 1 N–H and O–H groups in total. The number of aromatic nitrogens is 2. The van der Waals surface area contributed by atoms with Gasteiger partial charge in [0.1, 0.15) is 11.5 Å². The van der Waals surface area contributed by atoms with Crippen molar-refractivity contribution >= 4 is 29.3 Å². The summed E-state index contributed by atoms with van der Waals surface area (Å²) in [7, 11) is 0. The Hall–Kier alpha value is -2.49. The van der Waals surface area contributed by atoms with E-state index in [1.54, 1.807) is 32.0 Å². The first kappa shape index (κ1) is 22.2. The molecule has 1 amide bonds. The Labute approximate surface area is 176 Å². The molecule has 1 aliphatic rings. The topological polar surface area (TPSA) is 75.2 Å². The highest BCUT2D eigenvalue weighted by atomic mass is 32.1. The number of carbonyl (C=O) groups is 1. The third kappa shape index (κ3) is 4.63. The molecule has 0 aliphatic carbocycles. The zero-order valence-electron chi connectivity index (χ0n) is 17.1. The van der Waals surface area contributed by atoms with Crippen LogP contribution < -0.4 is 5.32 Å². The summed E-state index contributed by atoms with van der Waals surface area (Å²) in [5, 5.41) is 2.74. The number of amides is 1. The van der Waals surface area contributed by atoms with Crippen LogP contribution in [0.2, 0.25) is 0 Å². The number of thiazole rings is 1. The zero-order chi connectivity index (χ0) is 22.3. The van der Waals surface area contributed by atoms with Gasteiger partial charge in [-0.25, -0.2) is 9.97 Å². The number of hydrogen-bond acceptors (Lipinski definition) is 6. The van der Waals surface area contributed by atoms with Crippen LogP contribution in [0.3, 0.4) is 0 Å². The molecule has 6 nitrogen and oxygen atoms in total. The number of pyridine rings is 1. The number of alkyl halides is 3. The number of carbonyl (C=O) groups excluding carboxylic acids is 2. The Balaban J connectivity index is 2.14. The average molecular weight is 439 g/mol. The van der Waals surface area contributed by atoms with Gasteiger partial charge in [-0.05, 0) is 46.6 Å². The van der Waals surface area contributed by atoms with Crippen LogP contribution in [0.25, 0.3) is 10.4 Å². The number of anilines is 1. The van der Waals surface area contributed by atoms with Crippen molar-refractivity contribution in [1.82, 2.24) is 14.9 Å². The van der Waals surface area contributed by atoms with Crippen LogP contribution in [0.1, 0.15) is 61.6 Å². The van der Waals surface area contributed by atoms with Gasteiger partial charge >= 0.3 is 6.18 Å². The first-order valence-corrected chi connectivity index (χ1v) is 10.3. The highest BCUT2D eigenvalue weighted by Gasteiger charge is 2.38. The van der Waals surface area contributed by atoms with E-state index in [2.05, 4.69) is 15.3 Å². The largest absolute Gasteiger partial charge is 0.417 e. The lowest BCUT2D eigenvalue weighted by Gasteiger charge is -2.23. The van der Waals surface area contributed by atoms with E-state index >= 15 is 0 Å². The van der Waals surface area contributed by atoms with Crippen LogP contribution in [0.5, 0.6) is 0 Å². The molecule has 2 aromatic heterocycles. The molecule has 0 unspecified atom stereocenters. The minimum absolute atomic E-state index is 0.0282. The number of nitrogens with zero attached hydrogens (tertiary/aromatic N) is 3. The molecular formula is C20H22F3N4O2S. The summed E-state index contributed by atoms with van der Waals surface area (Å²) < 4.78 is 41.7. The van der Waals surface area contributed by atoms with Gasteiger partial charge in [0.25, 0.3) is 12.2 Å². The highest BCUT2D eigenvalue weighted by molar-refractivity contribution is 7.17. The van der Waals surface area contributed by atoms with Gasteiger partial charge in [0.2, 0.25) is 0 Å². The number of likely N-dealkylation sites (tertiary alicyclic amines) is 1. The summed E-state index contributed by atoms with van der Waals surface area (Å²) in [4.78, 5) is 33.8. The maximum absolute atomic E-state index is 13.9. The van der Waals surface area contributed by atoms with Crippen molar-refractivity contribution in [1.29, 1.82) is 0 Å². The van der Waals surface area contributed by atoms with Gasteiger partial charge in [0.05, 0.1) is 10.4 Å². The Bertz CT molecular complexity index is 966. The zero-order valence-corrected chi connectivity index (χ0v) is 17.9. The summed E-state index contributed by atoms with van der Waals surface area (Å²) in [5.74, 6) is -0.427. The van der Waals surface area contributed by atoms with E-state index in [0.717, 1.165) is 25.1 Å². The standard InChI is InChI=1S/C20H22F3N4O2S/c1-11-6-5-7-27(11)18(29)16-17(30-15(10-28)25-16)12-9-24-14(26-19(2,3)4)8-13(12)20(21,22)23/h8-9,11H,5-7H2,1-4H3,(H,24,26)/t11-/m0/s1. The maximum atomic E-state index is 13.9. The average Bonchev–Trinajstić information content (AvgIpc) is 3.25. The van der Waals surface area contributed by atoms with Gasteiger partial charge in [-0.1, -0.05) is 0 Å². The van der Waals surface area contributed by atoms with Crippen molar-refractivity contribution < 1.29 is 22.8 Å². The third-order valence-corrected chi connectivity index (χ3v) is 5.67. The lowest BCUT2D eigenvalue weighted by Crippen LogP contribution is -2.34. The predicted molar refractivity (Wildman–Crippen MR) is 108 cm³/mol. The van der Waals surface area contributed by atoms with Crippen LogP contribution in [0.4, 0.5) is 19.0 Å². The molecule has 1 saturated heterocycles. The summed E-state index contributed by atoms with van der Waals surface area (Å²) in [6, 6.07) is 0.867. The monoisotopic (exact) mass is 439 g/mol. The van der Waals surface area contributed by atoms with Crippen molar-refractivity contribution in [3.63, 3.8) is 0 Å². The minimum Gasteiger partial charge on any atom is -0.365 e. The van der Waals surface area contributed by atoms with E-state index in [-0.39, 0.29) is 33.0 Å². The highest BCUT2D eigenvalue weighted by Crippen LogP contribution is 2.41. The number of nitrogens with one attached hydrogen (secondary N) is 1. The van der Waals surface area contributed by atoms with E-state index in [1.165, 1.54) is 0 Å². The Kier molecular flexibility index (Phi) is 5.90. The van der Waals surface area contributed by atoms with Crippen molar-refractivity contribution in [2.75, 3.05) is 11.9 Å². The predicted octanol–water partition coefficient (Wildman–Crippen LogP) is 4.52. The second-order valence-corrected chi connectivity index (χ2v) is 9.28. The lowest BCUT2D eigenvalue weighted by molar-refractivity contribution is -0.137. The van der Waals surface area contributed by atoms with E-state index in [4.69, 9.17) is 0 Å². The molecule has 2 aromatic rings. The number of rotatable bonds is 4. The summed E-state index contributed by atoms with van der Waals surface area (Å²) in [6.45, 7) is 7.78. The smallest absolute Gasteiger partial charge is 0.365 e. The normalized spacial score (nSPS) is 17.3. The molecule has 1 atom stereocenters. The van der Waals surface area contributed by atoms with Crippen LogP contribution in [0, 0.1) is 0 Å². The fourth-order valence-electron chi connectivity index (χ4n) is 3.39. The molecule has 10 heteroatoms. The van der Waals surface area contributed by atoms with Crippen molar-refractivity contribution in [3.8, 4) is 10.4 Å². The summed E-state index contributed by atoms with van der Waals surface area (Å²) in [6.07, 6.45) is -0.418. The molecule has 1 aliphatic heterocycles. The molecule has 0 bridgehead atoms. The van der Waals surface area contributed by atoms with Gasteiger partial charge in [0, 0.05) is 29.9 Å². The molecular weight excluding hydrogens is 417 g/mol. The first-order valence-electron chi connectivity index (χ1n) is 9.46. The minimum atomic E-state index is -4.69. The van der Waals surface area contributed by atoms with Crippen LogP contribution >= 0.6 is 11.3 Å². The van der Waals surface area contributed by atoms with Gasteiger partial charge in [0.15, 0.2) is 5.01 Å². The Morgan fingerprint density at radius 1 is 1.33 bits per heavy atom. The van der Waals surface area contributed by atoms with Gasteiger partial charge < -0.3 is 10.2 Å². The molecule has 30 heavy (non-hydrogen) atoms. The van der Waals surface area contributed by atoms with Gasteiger partial charge in [-0.15, -0.1) is 11.3 Å². The lowest BCUT2D eigenvalue weighted by atomic mass is 10.1. The third-order valence-electron chi connectivity index (χ3n) is 4.69. The van der Waals surface area contributed by atoms with Crippen molar-refractivity contribution in [2.45, 2.75) is 58.3 Å². The molecule has 3 heterocycles. The van der Waals surface area contributed by atoms with Gasteiger partial charge in [-0.3, -0.25) is 9.59 Å². The quantitative estimate of drug-likeness (QED) is 0.758. The Morgan fingerprint density at radius 3 is 2.57 bits per heavy atom. The molecule has 0 saturated carbocycles. The van der Waals surface area contributed by atoms with E-state index in [0.29, 0.717) is 17.9 Å². The molecule has 161 valence electrons. The second-order valence-electron chi connectivity index (χ2n) is 8.28. The summed E-state index contributed by atoms with van der Waals surface area (Å²) in [5.41, 5.74) is -1.89. The number of hydrogen-bond donors (Lipinski definition) is 1. The van der Waals surface area contributed by atoms with E-state index in [1.807, 2.05) is 6.92 Å². The van der Waals surface area contributed by atoms with Crippen molar-refractivity contribution in [3.05, 3.63) is 28.5 Å².